The van der Waals surface area contributed by atoms with Gasteiger partial charge in [0, 0.05) is 0 Å². The van der Waals surface area contributed by atoms with E-state index in [1.807, 2.05) is 0 Å². The summed E-state index contributed by atoms with van der Waals surface area (Å²) in [7, 11) is 0. The van der Waals surface area contributed by atoms with Gasteiger partial charge < -0.3 is 35.7 Å². The van der Waals surface area contributed by atoms with E-state index in [1.165, 1.54) is 0 Å². The second-order valence-electron chi connectivity index (χ2n) is 10.1. The van der Waals surface area contributed by atoms with Gasteiger partial charge in [0.2, 0.25) is 0 Å². The highest BCUT2D eigenvalue weighted by molar-refractivity contribution is 4.90. The van der Waals surface area contributed by atoms with Crippen molar-refractivity contribution in [1.29, 1.82) is 0 Å². The lowest BCUT2D eigenvalue weighted by atomic mass is 9.70. The molecule has 0 bridgehead atoms. The number of aliphatic hydroxyl groups is 7. The average Bonchev–Trinajstić information content (AvgIpc) is 2.67. The topological polar surface area (TPSA) is 142 Å². The molecular weight excluding hydrogens is 376 g/mol. The molecule has 0 amide bonds. The number of hydrogen-bond donors (Lipinski definition) is 7. The maximum Gasteiger partial charge on any atom is 0.0801 e. The fourth-order valence-electron chi connectivity index (χ4n) is 5.93. The van der Waals surface area contributed by atoms with Crippen LogP contribution in [0.5, 0.6) is 0 Å². The molecule has 10 atom stereocenters. The third kappa shape index (κ3) is 6.35. The van der Waals surface area contributed by atoms with E-state index in [0.717, 1.165) is 12.8 Å². The molecule has 7 N–H and O–H groups in total. The molecule has 3 rings (SSSR count). The van der Waals surface area contributed by atoms with Gasteiger partial charge in [-0.25, -0.2) is 0 Å². The third-order valence-electron chi connectivity index (χ3n) is 7.77. The van der Waals surface area contributed by atoms with Crippen LogP contribution in [-0.4, -0.2) is 78.5 Å². The summed E-state index contributed by atoms with van der Waals surface area (Å²) in [6.45, 7) is 0. The summed E-state index contributed by atoms with van der Waals surface area (Å²) in [5.74, 6) is 0.171. The molecule has 170 valence electrons. The van der Waals surface area contributed by atoms with Gasteiger partial charge in [-0.2, -0.15) is 0 Å². The Morgan fingerprint density at radius 1 is 0.517 bits per heavy atom. The van der Waals surface area contributed by atoms with E-state index >= 15 is 0 Å². The molecule has 0 heterocycles. The van der Waals surface area contributed by atoms with Crippen LogP contribution in [0.4, 0.5) is 0 Å². The van der Waals surface area contributed by atoms with Crippen molar-refractivity contribution in [2.45, 2.75) is 113 Å². The highest BCUT2D eigenvalue weighted by atomic mass is 16.3. The van der Waals surface area contributed by atoms with E-state index in [0.29, 0.717) is 57.8 Å². The molecule has 3 aliphatic carbocycles. The smallest absolute Gasteiger partial charge is 0.0801 e. The maximum atomic E-state index is 10.8. The van der Waals surface area contributed by atoms with Crippen molar-refractivity contribution in [2.24, 2.45) is 23.7 Å². The first-order chi connectivity index (χ1) is 13.7. The third-order valence-corrected chi connectivity index (χ3v) is 7.77. The molecule has 0 spiro atoms. The highest BCUT2D eigenvalue weighted by Crippen LogP contribution is 2.39. The standard InChI is InChI=1S/C22H40O7/c23-16-10-14(19(26)5-12-1-3-17(24)21(28)7-12)9-15(11-16)20(27)6-13-2-4-18(25)22(29)8-13/h12-29H,1-11H2. The zero-order chi connectivity index (χ0) is 21.1. The summed E-state index contributed by atoms with van der Waals surface area (Å²) in [5.41, 5.74) is 0. The largest absolute Gasteiger partial charge is 0.393 e. The minimum absolute atomic E-state index is 0.0823. The summed E-state index contributed by atoms with van der Waals surface area (Å²) in [5, 5.41) is 71.0. The monoisotopic (exact) mass is 416 g/mol. The Balaban J connectivity index is 1.50. The summed E-state index contributed by atoms with van der Waals surface area (Å²) in [6, 6.07) is 0. The van der Waals surface area contributed by atoms with Crippen molar-refractivity contribution in [3.63, 3.8) is 0 Å². The molecule has 0 saturated heterocycles. The van der Waals surface area contributed by atoms with Crippen LogP contribution in [-0.2, 0) is 0 Å². The molecular formula is C22H40O7. The summed E-state index contributed by atoms with van der Waals surface area (Å²) in [4.78, 5) is 0. The molecule has 7 nitrogen and oxygen atoms in total. The average molecular weight is 417 g/mol. The second kappa shape index (κ2) is 10.4. The van der Waals surface area contributed by atoms with Gasteiger partial charge >= 0.3 is 0 Å². The van der Waals surface area contributed by atoms with Crippen molar-refractivity contribution < 1.29 is 35.7 Å². The number of hydrogen-bond acceptors (Lipinski definition) is 7. The summed E-state index contributed by atoms with van der Waals surface area (Å²) < 4.78 is 0. The quantitative estimate of drug-likeness (QED) is 0.330. The first kappa shape index (κ1) is 23.4. The first-order valence-electron chi connectivity index (χ1n) is 11.5. The van der Waals surface area contributed by atoms with E-state index in [9.17, 15) is 35.7 Å². The summed E-state index contributed by atoms with van der Waals surface area (Å²) >= 11 is 0. The molecule has 29 heavy (non-hydrogen) atoms. The minimum atomic E-state index is -0.725. The van der Waals surface area contributed by atoms with Crippen LogP contribution in [0.2, 0.25) is 0 Å². The Morgan fingerprint density at radius 3 is 1.31 bits per heavy atom. The Hall–Kier alpha value is -0.280. The van der Waals surface area contributed by atoms with Crippen molar-refractivity contribution in [1.82, 2.24) is 0 Å². The zero-order valence-corrected chi connectivity index (χ0v) is 17.3. The molecule has 3 fully saturated rings. The van der Waals surface area contributed by atoms with Crippen molar-refractivity contribution >= 4 is 0 Å². The SMILES string of the molecule is OC1CC(C(O)CC2CCC(O)C(O)C2)CC(C(O)CC2CCC(O)C(O)C2)C1. The van der Waals surface area contributed by atoms with Crippen molar-refractivity contribution in [3.05, 3.63) is 0 Å². The Labute approximate surface area is 173 Å². The van der Waals surface area contributed by atoms with Gasteiger partial charge in [-0.3, -0.25) is 0 Å². The predicted molar refractivity (Wildman–Crippen MR) is 107 cm³/mol. The molecule has 0 aliphatic heterocycles. The maximum absolute atomic E-state index is 10.8. The molecule has 7 heteroatoms. The molecule has 0 radical (unpaired) electrons. The Morgan fingerprint density at radius 2 is 0.931 bits per heavy atom. The fourth-order valence-corrected chi connectivity index (χ4v) is 5.93. The Kier molecular flexibility index (Phi) is 8.35. The zero-order valence-electron chi connectivity index (χ0n) is 17.3. The van der Waals surface area contributed by atoms with Gasteiger partial charge in [0.1, 0.15) is 0 Å². The normalized spacial score (nSPS) is 46.2. The van der Waals surface area contributed by atoms with E-state index < -0.39 is 42.7 Å². The van der Waals surface area contributed by atoms with Crippen LogP contribution in [0.25, 0.3) is 0 Å². The van der Waals surface area contributed by atoms with Crippen LogP contribution < -0.4 is 0 Å². The molecule has 3 saturated carbocycles. The molecule has 0 aromatic rings. The van der Waals surface area contributed by atoms with E-state index in [4.69, 9.17) is 0 Å². The lowest BCUT2D eigenvalue weighted by Crippen LogP contribution is -2.41. The molecule has 0 aromatic heterocycles. The van der Waals surface area contributed by atoms with E-state index in [-0.39, 0.29) is 23.7 Å². The van der Waals surface area contributed by atoms with Gasteiger partial charge in [-0.05, 0) is 94.3 Å². The predicted octanol–water partition coefficient (Wildman–Crippen LogP) is 0.309. The lowest BCUT2D eigenvalue weighted by molar-refractivity contribution is -0.0618. The Bertz CT molecular complexity index is 462. The van der Waals surface area contributed by atoms with Gasteiger partial charge in [0.25, 0.3) is 0 Å². The minimum Gasteiger partial charge on any atom is -0.393 e. The van der Waals surface area contributed by atoms with Gasteiger partial charge in [-0.1, -0.05) is 0 Å². The van der Waals surface area contributed by atoms with Gasteiger partial charge in [-0.15, -0.1) is 0 Å². The van der Waals surface area contributed by atoms with Gasteiger partial charge in [0.15, 0.2) is 0 Å². The first-order valence-corrected chi connectivity index (χ1v) is 11.5. The fraction of sp³-hybridized carbons (Fsp3) is 1.00. The van der Waals surface area contributed by atoms with Crippen LogP contribution >= 0.6 is 0 Å². The number of aliphatic hydroxyl groups excluding tert-OH is 7. The molecule has 0 aromatic carbocycles. The molecule has 3 aliphatic rings. The van der Waals surface area contributed by atoms with Crippen LogP contribution in [0.15, 0.2) is 0 Å². The van der Waals surface area contributed by atoms with Gasteiger partial charge in [0.05, 0.1) is 42.7 Å². The molecule has 10 unspecified atom stereocenters. The second-order valence-corrected chi connectivity index (χ2v) is 10.1. The van der Waals surface area contributed by atoms with E-state index in [1.54, 1.807) is 0 Å². The van der Waals surface area contributed by atoms with Crippen LogP contribution in [0.1, 0.15) is 70.6 Å². The van der Waals surface area contributed by atoms with E-state index in [2.05, 4.69) is 0 Å². The number of rotatable bonds is 6. The lowest BCUT2D eigenvalue weighted by Gasteiger charge is -2.40. The van der Waals surface area contributed by atoms with Crippen molar-refractivity contribution in [2.75, 3.05) is 0 Å². The van der Waals surface area contributed by atoms with Crippen LogP contribution in [0.3, 0.4) is 0 Å². The highest BCUT2D eigenvalue weighted by Gasteiger charge is 2.38. The van der Waals surface area contributed by atoms with Crippen molar-refractivity contribution in [3.8, 4) is 0 Å². The summed E-state index contributed by atoms with van der Waals surface area (Å²) in [6.07, 6.45) is 1.98. The van der Waals surface area contributed by atoms with Crippen LogP contribution in [0, 0.1) is 23.7 Å².